The highest BCUT2D eigenvalue weighted by molar-refractivity contribution is 5.19. The van der Waals surface area contributed by atoms with E-state index in [9.17, 15) is 13.2 Å². The Labute approximate surface area is 123 Å². The summed E-state index contributed by atoms with van der Waals surface area (Å²) in [4.78, 5) is 4.00. The van der Waals surface area contributed by atoms with Crippen molar-refractivity contribution in [3.05, 3.63) is 29.6 Å². The maximum absolute atomic E-state index is 12.6. The maximum atomic E-state index is 12.6. The van der Waals surface area contributed by atoms with Gasteiger partial charge in [-0.25, -0.2) is 0 Å². The highest BCUT2D eigenvalue weighted by atomic mass is 19.4. The average Bonchev–Trinajstić information content (AvgIpc) is 2.45. The van der Waals surface area contributed by atoms with Crippen LogP contribution < -0.4 is 5.32 Å². The minimum absolute atomic E-state index is 0.0672. The molecule has 0 saturated heterocycles. The predicted octanol–water partition coefficient (Wildman–Crippen LogP) is 3.81. The van der Waals surface area contributed by atoms with Crippen LogP contribution in [0.1, 0.15) is 44.0 Å². The molecule has 2 atom stereocenters. The van der Waals surface area contributed by atoms with Crippen LogP contribution in [0.4, 0.5) is 13.2 Å². The average molecular weight is 304 g/mol. The van der Waals surface area contributed by atoms with Crippen molar-refractivity contribution in [1.82, 2.24) is 10.3 Å². The number of aromatic nitrogens is 1. The number of hydrogen-bond donors (Lipinski definition) is 1. The molecule has 0 aliphatic rings. The van der Waals surface area contributed by atoms with Crippen molar-refractivity contribution >= 4 is 0 Å². The second kappa shape index (κ2) is 8.34. The highest BCUT2D eigenvalue weighted by Crippen LogP contribution is 2.30. The molecule has 0 fully saturated rings. The van der Waals surface area contributed by atoms with Crippen LogP contribution in [-0.4, -0.2) is 25.2 Å². The lowest BCUT2D eigenvalue weighted by atomic mass is 9.95. The van der Waals surface area contributed by atoms with Crippen LogP contribution in [0.2, 0.25) is 0 Å². The predicted molar refractivity (Wildman–Crippen MR) is 75.9 cm³/mol. The van der Waals surface area contributed by atoms with E-state index in [2.05, 4.69) is 10.3 Å². The molecule has 1 N–H and O–H groups in total. The lowest BCUT2D eigenvalue weighted by Gasteiger charge is -2.25. The van der Waals surface area contributed by atoms with Crippen LogP contribution in [0.25, 0.3) is 0 Å². The fraction of sp³-hybridized carbons (Fsp3) is 0.667. The van der Waals surface area contributed by atoms with Crippen LogP contribution in [0.15, 0.2) is 18.3 Å². The van der Waals surface area contributed by atoms with E-state index in [1.165, 1.54) is 6.07 Å². The summed E-state index contributed by atoms with van der Waals surface area (Å²) < 4.78 is 42.8. The van der Waals surface area contributed by atoms with Gasteiger partial charge in [-0.05, 0) is 37.4 Å². The number of alkyl halides is 3. The lowest BCUT2D eigenvalue weighted by molar-refractivity contribution is -0.137. The molecule has 2 unspecified atom stereocenters. The Morgan fingerprint density at radius 2 is 2.05 bits per heavy atom. The van der Waals surface area contributed by atoms with E-state index in [4.69, 9.17) is 4.74 Å². The largest absolute Gasteiger partial charge is 0.417 e. The Balaban J connectivity index is 2.86. The molecule has 1 aromatic rings. The quantitative estimate of drug-likeness (QED) is 0.793. The number of nitrogens with one attached hydrogen (secondary N) is 1. The van der Waals surface area contributed by atoms with Crippen molar-refractivity contribution in [2.75, 3.05) is 20.3 Å². The molecule has 6 heteroatoms. The third-order valence-corrected chi connectivity index (χ3v) is 3.39. The normalized spacial score (nSPS) is 15.0. The smallest absolute Gasteiger partial charge is 0.385 e. The third kappa shape index (κ3) is 5.63. The standard InChI is InChI=1S/C15H23F3N2O/c1-4-8-19-14(11(2)7-9-21-3)13-6-5-12(10-20-13)15(16,17)18/h5-6,10-11,14,19H,4,7-9H2,1-3H3. The van der Waals surface area contributed by atoms with Crippen molar-refractivity contribution in [3.63, 3.8) is 0 Å². The fourth-order valence-electron chi connectivity index (χ4n) is 2.12. The molecule has 0 aliphatic heterocycles. The van der Waals surface area contributed by atoms with Crippen LogP contribution >= 0.6 is 0 Å². The van der Waals surface area contributed by atoms with Gasteiger partial charge in [-0.15, -0.1) is 0 Å². The summed E-state index contributed by atoms with van der Waals surface area (Å²) in [6.07, 6.45) is -1.67. The SMILES string of the molecule is CCCNC(c1ccc(C(F)(F)F)cn1)C(C)CCOC. The highest BCUT2D eigenvalue weighted by Gasteiger charge is 2.31. The van der Waals surface area contributed by atoms with Gasteiger partial charge in [0.1, 0.15) is 0 Å². The van der Waals surface area contributed by atoms with E-state index in [0.717, 1.165) is 31.6 Å². The monoisotopic (exact) mass is 304 g/mol. The molecule has 0 aromatic carbocycles. The zero-order valence-electron chi connectivity index (χ0n) is 12.7. The number of methoxy groups -OCH3 is 1. The molecular formula is C15H23F3N2O. The molecule has 21 heavy (non-hydrogen) atoms. The van der Waals surface area contributed by atoms with Crippen LogP contribution in [0, 0.1) is 5.92 Å². The molecule has 1 heterocycles. The van der Waals surface area contributed by atoms with Crippen LogP contribution in [-0.2, 0) is 10.9 Å². The molecule has 0 spiro atoms. The van der Waals surface area contributed by atoms with Crippen LogP contribution in [0.5, 0.6) is 0 Å². The van der Waals surface area contributed by atoms with E-state index in [0.29, 0.717) is 12.3 Å². The van der Waals surface area contributed by atoms with Gasteiger partial charge in [0.05, 0.1) is 17.3 Å². The van der Waals surface area contributed by atoms with E-state index in [1.807, 2.05) is 13.8 Å². The Bertz CT molecular complexity index is 406. The Morgan fingerprint density at radius 1 is 1.33 bits per heavy atom. The molecule has 0 amide bonds. The summed E-state index contributed by atoms with van der Waals surface area (Å²) in [5, 5.41) is 3.35. The lowest BCUT2D eigenvalue weighted by Crippen LogP contribution is -2.29. The van der Waals surface area contributed by atoms with Gasteiger partial charge in [0.2, 0.25) is 0 Å². The van der Waals surface area contributed by atoms with Gasteiger partial charge in [-0.2, -0.15) is 13.2 Å². The van der Waals surface area contributed by atoms with E-state index in [-0.39, 0.29) is 12.0 Å². The van der Waals surface area contributed by atoms with Gasteiger partial charge in [0.15, 0.2) is 0 Å². The fourth-order valence-corrected chi connectivity index (χ4v) is 2.12. The molecule has 3 nitrogen and oxygen atoms in total. The Morgan fingerprint density at radius 3 is 2.52 bits per heavy atom. The summed E-state index contributed by atoms with van der Waals surface area (Å²) >= 11 is 0. The second-order valence-corrected chi connectivity index (χ2v) is 5.16. The van der Waals surface area contributed by atoms with Gasteiger partial charge >= 0.3 is 6.18 Å². The first-order valence-corrected chi connectivity index (χ1v) is 7.15. The Hall–Kier alpha value is -1.14. The van der Waals surface area contributed by atoms with Gasteiger partial charge in [0.25, 0.3) is 0 Å². The Kier molecular flexibility index (Phi) is 7.11. The first-order valence-electron chi connectivity index (χ1n) is 7.15. The van der Waals surface area contributed by atoms with Crippen molar-refractivity contribution < 1.29 is 17.9 Å². The number of rotatable bonds is 8. The second-order valence-electron chi connectivity index (χ2n) is 5.16. The number of pyridine rings is 1. The van der Waals surface area contributed by atoms with Gasteiger partial charge in [0, 0.05) is 19.9 Å². The molecule has 1 rings (SSSR count). The number of halogens is 3. The topological polar surface area (TPSA) is 34.2 Å². The van der Waals surface area contributed by atoms with E-state index < -0.39 is 11.7 Å². The summed E-state index contributed by atoms with van der Waals surface area (Å²) in [7, 11) is 1.64. The number of hydrogen-bond acceptors (Lipinski definition) is 3. The molecule has 0 aliphatic carbocycles. The van der Waals surface area contributed by atoms with Gasteiger partial charge in [-0.3, -0.25) is 4.98 Å². The van der Waals surface area contributed by atoms with Crippen molar-refractivity contribution in [2.24, 2.45) is 5.92 Å². The molecule has 0 saturated carbocycles. The summed E-state index contributed by atoms with van der Waals surface area (Å²) in [6.45, 7) is 5.51. The summed E-state index contributed by atoms with van der Waals surface area (Å²) in [6, 6.07) is 2.48. The summed E-state index contributed by atoms with van der Waals surface area (Å²) in [5.41, 5.74) is -0.0786. The van der Waals surface area contributed by atoms with Gasteiger partial charge in [-0.1, -0.05) is 13.8 Å². The zero-order chi connectivity index (χ0) is 15.9. The van der Waals surface area contributed by atoms with Crippen molar-refractivity contribution in [2.45, 2.75) is 38.9 Å². The molecule has 1 aromatic heterocycles. The third-order valence-electron chi connectivity index (χ3n) is 3.39. The maximum Gasteiger partial charge on any atom is 0.417 e. The minimum atomic E-state index is -4.35. The van der Waals surface area contributed by atoms with Crippen molar-refractivity contribution in [3.8, 4) is 0 Å². The first-order chi connectivity index (χ1) is 9.90. The number of nitrogens with zero attached hydrogens (tertiary/aromatic N) is 1. The molecule has 0 radical (unpaired) electrons. The van der Waals surface area contributed by atoms with E-state index in [1.54, 1.807) is 7.11 Å². The first kappa shape index (κ1) is 17.9. The van der Waals surface area contributed by atoms with Crippen LogP contribution in [0.3, 0.4) is 0 Å². The van der Waals surface area contributed by atoms with E-state index >= 15 is 0 Å². The van der Waals surface area contributed by atoms with Gasteiger partial charge < -0.3 is 10.1 Å². The molecule has 0 bridgehead atoms. The summed E-state index contributed by atoms with van der Waals surface area (Å²) in [5.74, 6) is 0.223. The zero-order valence-corrected chi connectivity index (χ0v) is 12.7. The van der Waals surface area contributed by atoms with Crippen molar-refractivity contribution in [1.29, 1.82) is 0 Å². The molecular weight excluding hydrogens is 281 g/mol. The molecule has 120 valence electrons. The number of ether oxygens (including phenoxy) is 1. The minimum Gasteiger partial charge on any atom is -0.385 e.